The molecule has 0 aliphatic carbocycles. The Kier molecular flexibility index (Phi) is 4.21. The van der Waals surface area contributed by atoms with Crippen LogP contribution >= 0.6 is 11.3 Å². The number of thiophene rings is 1. The molecule has 3 heterocycles. The molecule has 1 fully saturated rings. The lowest BCUT2D eigenvalue weighted by Crippen LogP contribution is -2.17. The number of hydrogen-bond acceptors (Lipinski definition) is 7. The molecule has 2 aromatic heterocycles. The first kappa shape index (κ1) is 15.8. The molecule has 8 heteroatoms. The number of fused-ring (bicyclic) bond motifs is 1. The van der Waals surface area contributed by atoms with Gasteiger partial charge >= 0.3 is 0 Å². The van der Waals surface area contributed by atoms with Gasteiger partial charge in [-0.05, 0) is 29.6 Å². The van der Waals surface area contributed by atoms with Gasteiger partial charge in [-0.25, -0.2) is 9.97 Å². The van der Waals surface area contributed by atoms with Gasteiger partial charge in [0.1, 0.15) is 28.8 Å². The van der Waals surface area contributed by atoms with Gasteiger partial charge in [0, 0.05) is 12.0 Å². The number of primary amides is 1. The van der Waals surface area contributed by atoms with E-state index in [1.54, 1.807) is 29.5 Å². The Morgan fingerprint density at radius 1 is 1.36 bits per heavy atom. The molecule has 4 rings (SSSR count). The number of rotatable bonds is 5. The van der Waals surface area contributed by atoms with E-state index in [2.05, 4.69) is 15.3 Å². The van der Waals surface area contributed by atoms with Crippen LogP contribution in [-0.2, 0) is 4.74 Å². The molecule has 3 N–H and O–H groups in total. The Morgan fingerprint density at radius 3 is 3.08 bits per heavy atom. The fourth-order valence-electron chi connectivity index (χ4n) is 2.68. The minimum Gasteiger partial charge on any atom is -0.486 e. The molecular formula is C17H16N4O3S. The molecule has 1 aromatic carbocycles. The van der Waals surface area contributed by atoms with Crippen LogP contribution in [0, 0.1) is 0 Å². The zero-order chi connectivity index (χ0) is 17.2. The molecule has 0 saturated carbocycles. The Morgan fingerprint density at radius 2 is 2.28 bits per heavy atom. The fraction of sp³-hybridized carbons (Fsp3) is 0.235. The third kappa shape index (κ3) is 3.26. The monoisotopic (exact) mass is 356 g/mol. The van der Waals surface area contributed by atoms with E-state index in [-0.39, 0.29) is 6.10 Å². The zero-order valence-electron chi connectivity index (χ0n) is 13.3. The molecule has 1 aliphatic heterocycles. The molecule has 0 bridgehead atoms. The second kappa shape index (κ2) is 6.66. The van der Waals surface area contributed by atoms with Crippen LogP contribution in [0.3, 0.4) is 0 Å². The van der Waals surface area contributed by atoms with E-state index < -0.39 is 5.91 Å². The smallest absolute Gasteiger partial charge is 0.248 e. The molecule has 0 spiro atoms. The van der Waals surface area contributed by atoms with Gasteiger partial charge < -0.3 is 20.5 Å². The van der Waals surface area contributed by atoms with Gasteiger partial charge in [0.15, 0.2) is 0 Å². The van der Waals surface area contributed by atoms with E-state index >= 15 is 0 Å². The number of carbonyl (C=O) groups is 1. The highest BCUT2D eigenvalue weighted by atomic mass is 32.1. The third-order valence-electron chi connectivity index (χ3n) is 3.96. The molecular weight excluding hydrogens is 340 g/mol. The molecule has 1 unspecified atom stereocenters. The van der Waals surface area contributed by atoms with E-state index in [4.69, 9.17) is 15.2 Å². The number of nitrogens with two attached hydrogens (primary N) is 1. The van der Waals surface area contributed by atoms with Crippen molar-refractivity contribution in [3.63, 3.8) is 0 Å². The van der Waals surface area contributed by atoms with Crippen molar-refractivity contribution in [3.05, 3.63) is 41.5 Å². The van der Waals surface area contributed by atoms with E-state index in [9.17, 15) is 4.79 Å². The summed E-state index contributed by atoms with van der Waals surface area (Å²) >= 11 is 1.55. The topological polar surface area (TPSA) is 99.4 Å². The summed E-state index contributed by atoms with van der Waals surface area (Å²) in [6.45, 7) is 1.20. The van der Waals surface area contributed by atoms with Crippen molar-refractivity contribution >= 4 is 39.0 Å². The number of aromatic nitrogens is 2. The standard InChI is InChI=1S/C17H16N4O3S/c18-15(22)10-1-2-13(14(7-10)24-11-3-5-23-8-11)21-16-12-4-6-25-17(12)20-9-19-16/h1-2,4,6-7,9,11H,3,5,8H2,(H2,18,22)(H,19,20,21). The van der Waals surface area contributed by atoms with Crippen molar-refractivity contribution in [3.8, 4) is 5.75 Å². The number of anilines is 2. The lowest BCUT2D eigenvalue weighted by molar-refractivity contribution is 0.0999. The normalized spacial score (nSPS) is 16.9. The summed E-state index contributed by atoms with van der Waals surface area (Å²) in [6.07, 6.45) is 2.28. The second-order valence-corrected chi connectivity index (χ2v) is 6.56. The van der Waals surface area contributed by atoms with Crippen LogP contribution in [0.1, 0.15) is 16.8 Å². The molecule has 1 atom stereocenters. The van der Waals surface area contributed by atoms with Gasteiger partial charge in [-0.2, -0.15) is 0 Å². The summed E-state index contributed by atoms with van der Waals surface area (Å²) in [5.41, 5.74) is 6.50. The third-order valence-corrected chi connectivity index (χ3v) is 4.78. The Hall–Kier alpha value is -2.71. The van der Waals surface area contributed by atoms with Crippen molar-refractivity contribution in [2.24, 2.45) is 5.73 Å². The van der Waals surface area contributed by atoms with Crippen molar-refractivity contribution in [1.82, 2.24) is 9.97 Å². The van der Waals surface area contributed by atoms with Crippen LogP contribution in [0.5, 0.6) is 5.75 Å². The Bertz CT molecular complexity index is 921. The number of amides is 1. The van der Waals surface area contributed by atoms with Crippen LogP contribution in [0.4, 0.5) is 11.5 Å². The van der Waals surface area contributed by atoms with Crippen LogP contribution in [0.15, 0.2) is 36.0 Å². The number of hydrogen-bond donors (Lipinski definition) is 2. The maximum atomic E-state index is 11.5. The molecule has 25 heavy (non-hydrogen) atoms. The predicted molar refractivity (Wildman–Crippen MR) is 95.5 cm³/mol. The number of carbonyl (C=O) groups excluding carboxylic acids is 1. The average Bonchev–Trinajstić information content (AvgIpc) is 3.28. The summed E-state index contributed by atoms with van der Waals surface area (Å²) < 4.78 is 11.4. The minimum absolute atomic E-state index is 0.0461. The summed E-state index contributed by atoms with van der Waals surface area (Å²) in [7, 11) is 0. The van der Waals surface area contributed by atoms with E-state index in [1.165, 1.54) is 6.33 Å². The predicted octanol–water partition coefficient (Wildman–Crippen LogP) is 2.70. The molecule has 128 valence electrons. The number of nitrogens with one attached hydrogen (secondary N) is 1. The lowest BCUT2D eigenvalue weighted by Gasteiger charge is -2.17. The number of ether oxygens (including phenoxy) is 2. The summed E-state index contributed by atoms with van der Waals surface area (Å²) in [4.78, 5) is 21.0. The molecule has 1 aliphatic rings. The van der Waals surface area contributed by atoms with Crippen molar-refractivity contribution in [1.29, 1.82) is 0 Å². The van der Waals surface area contributed by atoms with E-state index in [0.717, 1.165) is 16.6 Å². The molecule has 1 saturated heterocycles. The van der Waals surface area contributed by atoms with Crippen molar-refractivity contribution in [2.75, 3.05) is 18.5 Å². The first-order valence-corrected chi connectivity index (χ1v) is 8.72. The van der Waals surface area contributed by atoms with Crippen molar-refractivity contribution in [2.45, 2.75) is 12.5 Å². The van der Waals surface area contributed by atoms with Crippen LogP contribution < -0.4 is 15.8 Å². The molecule has 0 radical (unpaired) electrons. The van der Waals surface area contributed by atoms with Crippen molar-refractivity contribution < 1.29 is 14.3 Å². The van der Waals surface area contributed by atoms with Gasteiger partial charge in [-0.3, -0.25) is 4.79 Å². The van der Waals surface area contributed by atoms with E-state index in [1.807, 2.05) is 11.4 Å². The maximum absolute atomic E-state index is 11.5. The number of benzene rings is 1. The first-order chi connectivity index (χ1) is 12.2. The highest BCUT2D eigenvalue weighted by Crippen LogP contribution is 2.33. The largest absolute Gasteiger partial charge is 0.486 e. The Labute approximate surface area is 147 Å². The molecule has 3 aromatic rings. The average molecular weight is 356 g/mol. The van der Waals surface area contributed by atoms with Crippen LogP contribution in [-0.4, -0.2) is 35.2 Å². The zero-order valence-corrected chi connectivity index (χ0v) is 14.1. The van der Waals surface area contributed by atoms with Gasteiger partial charge in [0.05, 0.1) is 24.3 Å². The van der Waals surface area contributed by atoms with Crippen LogP contribution in [0.25, 0.3) is 10.2 Å². The Balaban J connectivity index is 1.69. The van der Waals surface area contributed by atoms with Gasteiger partial charge in [0.25, 0.3) is 0 Å². The second-order valence-electron chi connectivity index (χ2n) is 5.67. The maximum Gasteiger partial charge on any atom is 0.248 e. The van der Waals surface area contributed by atoms with Gasteiger partial charge in [-0.1, -0.05) is 0 Å². The van der Waals surface area contributed by atoms with Gasteiger partial charge in [-0.15, -0.1) is 11.3 Å². The van der Waals surface area contributed by atoms with Crippen LogP contribution in [0.2, 0.25) is 0 Å². The molecule has 1 amide bonds. The first-order valence-electron chi connectivity index (χ1n) is 7.84. The quantitative estimate of drug-likeness (QED) is 0.729. The minimum atomic E-state index is -0.499. The highest BCUT2D eigenvalue weighted by molar-refractivity contribution is 7.16. The SMILES string of the molecule is NC(=O)c1ccc(Nc2ncnc3sccc23)c(OC2CCOC2)c1. The summed E-state index contributed by atoms with van der Waals surface area (Å²) in [5, 5.41) is 6.18. The highest BCUT2D eigenvalue weighted by Gasteiger charge is 2.20. The molecule has 7 nitrogen and oxygen atoms in total. The lowest BCUT2D eigenvalue weighted by atomic mass is 10.1. The summed E-state index contributed by atoms with van der Waals surface area (Å²) in [5.74, 6) is 0.737. The summed E-state index contributed by atoms with van der Waals surface area (Å²) in [6, 6.07) is 7.04. The van der Waals surface area contributed by atoms with Gasteiger partial charge in [0.2, 0.25) is 5.91 Å². The number of nitrogens with zero attached hydrogens (tertiary/aromatic N) is 2. The fourth-order valence-corrected chi connectivity index (χ4v) is 3.41. The van der Waals surface area contributed by atoms with E-state index in [0.29, 0.717) is 36.0 Å².